The van der Waals surface area contributed by atoms with Gasteiger partial charge in [0.1, 0.15) is 18.2 Å². The summed E-state index contributed by atoms with van der Waals surface area (Å²) in [5, 5.41) is 3.10. The van der Waals surface area contributed by atoms with Crippen molar-refractivity contribution >= 4 is 5.82 Å². The molecule has 6 heteroatoms. The third-order valence-corrected chi connectivity index (χ3v) is 4.54. The minimum Gasteiger partial charge on any atom is -0.489 e. The summed E-state index contributed by atoms with van der Waals surface area (Å²) in [5.74, 6) is 0.755. The SMILES string of the molecule is O=c1c(NCc2ccc(OCc3ccccc3F)cc2)nccn1C1CC1. The highest BCUT2D eigenvalue weighted by atomic mass is 19.1. The second-order valence-corrected chi connectivity index (χ2v) is 6.60. The van der Waals surface area contributed by atoms with Crippen LogP contribution >= 0.6 is 0 Å². The molecule has 1 aromatic heterocycles. The third-order valence-electron chi connectivity index (χ3n) is 4.54. The molecule has 0 radical (unpaired) electrons. The first-order valence-electron chi connectivity index (χ1n) is 8.97. The lowest BCUT2D eigenvalue weighted by molar-refractivity contribution is 0.300. The van der Waals surface area contributed by atoms with Crippen molar-refractivity contribution in [1.82, 2.24) is 9.55 Å². The van der Waals surface area contributed by atoms with Gasteiger partial charge in [0.05, 0.1) is 0 Å². The van der Waals surface area contributed by atoms with Crippen LogP contribution in [0.1, 0.15) is 30.0 Å². The van der Waals surface area contributed by atoms with Crippen molar-refractivity contribution in [2.75, 3.05) is 5.32 Å². The Labute approximate surface area is 156 Å². The van der Waals surface area contributed by atoms with Crippen molar-refractivity contribution in [2.45, 2.75) is 32.0 Å². The van der Waals surface area contributed by atoms with E-state index in [-0.39, 0.29) is 18.0 Å². The van der Waals surface area contributed by atoms with Gasteiger partial charge in [-0.1, -0.05) is 30.3 Å². The van der Waals surface area contributed by atoms with Crippen LogP contribution in [-0.2, 0) is 13.2 Å². The first kappa shape index (κ1) is 17.3. The maximum Gasteiger partial charge on any atom is 0.293 e. The normalized spacial score (nSPS) is 13.4. The maximum atomic E-state index is 13.6. The molecule has 3 aromatic rings. The van der Waals surface area contributed by atoms with Crippen LogP contribution in [0.15, 0.2) is 65.7 Å². The average molecular weight is 365 g/mol. The minimum atomic E-state index is -0.273. The third kappa shape index (κ3) is 4.16. The molecule has 0 unspecified atom stereocenters. The molecule has 0 aliphatic heterocycles. The first-order valence-corrected chi connectivity index (χ1v) is 8.97. The fraction of sp³-hybridized carbons (Fsp3) is 0.238. The predicted molar refractivity (Wildman–Crippen MR) is 101 cm³/mol. The molecule has 0 spiro atoms. The lowest BCUT2D eigenvalue weighted by Crippen LogP contribution is -2.23. The van der Waals surface area contributed by atoms with E-state index in [2.05, 4.69) is 10.3 Å². The summed E-state index contributed by atoms with van der Waals surface area (Å²) in [4.78, 5) is 16.5. The monoisotopic (exact) mass is 365 g/mol. The van der Waals surface area contributed by atoms with Gasteiger partial charge in [0.25, 0.3) is 5.56 Å². The molecule has 27 heavy (non-hydrogen) atoms. The van der Waals surface area contributed by atoms with Gasteiger partial charge in [-0.15, -0.1) is 0 Å². The summed E-state index contributed by atoms with van der Waals surface area (Å²) >= 11 is 0. The molecule has 2 aromatic carbocycles. The zero-order valence-corrected chi connectivity index (χ0v) is 14.8. The lowest BCUT2D eigenvalue weighted by Gasteiger charge is -2.10. The fourth-order valence-corrected chi connectivity index (χ4v) is 2.85. The van der Waals surface area contributed by atoms with Crippen LogP contribution < -0.4 is 15.6 Å². The Morgan fingerprint density at radius 3 is 2.67 bits per heavy atom. The lowest BCUT2D eigenvalue weighted by atomic mass is 10.2. The van der Waals surface area contributed by atoms with E-state index in [0.29, 0.717) is 29.7 Å². The van der Waals surface area contributed by atoms with E-state index in [1.807, 2.05) is 24.3 Å². The smallest absolute Gasteiger partial charge is 0.293 e. The average Bonchev–Trinajstić information content (AvgIpc) is 3.53. The molecule has 1 saturated carbocycles. The first-order chi connectivity index (χ1) is 13.2. The number of hydrogen-bond donors (Lipinski definition) is 1. The van der Waals surface area contributed by atoms with Gasteiger partial charge in [-0.25, -0.2) is 9.37 Å². The molecule has 0 bridgehead atoms. The van der Waals surface area contributed by atoms with Gasteiger partial charge in [0, 0.05) is 30.5 Å². The van der Waals surface area contributed by atoms with Crippen molar-refractivity contribution in [3.05, 3.63) is 88.2 Å². The van der Waals surface area contributed by atoms with Crippen LogP contribution in [0, 0.1) is 5.82 Å². The fourth-order valence-electron chi connectivity index (χ4n) is 2.85. The zero-order chi connectivity index (χ0) is 18.6. The highest BCUT2D eigenvalue weighted by Crippen LogP contribution is 2.33. The molecule has 5 nitrogen and oxygen atoms in total. The molecule has 1 aliphatic rings. The number of nitrogens with one attached hydrogen (secondary N) is 1. The molecule has 0 atom stereocenters. The van der Waals surface area contributed by atoms with Crippen LogP contribution in [-0.4, -0.2) is 9.55 Å². The molecular formula is C21H20FN3O2. The Morgan fingerprint density at radius 2 is 1.93 bits per heavy atom. The predicted octanol–water partition coefficient (Wildman–Crippen LogP) is 3.91. The van der Waals surface area contributed by atoms with Crippen LogP contribution in [0.2, 0.25) is 0 Å². The maximum absolute atomic E-state index is 13.6. The van der Waals surface area contributed by atoms with E-state index in [9.17, 15) is 9.18 Å². The Bertz CT molecular complexity index is 981. The van der Waals surface area contributed by atoms with Crippen molar-refractivity contribution in [1.29, 1.82) is 0 Å². The number of anilines is 1. The highest BCUT2D eigenvalue weighted by molar-refractivity contribution is 5.35. The standard InChI is InChI=1S/C21H20FN3O2/c22-19-4-2-1-3-16(19)14-27-18-9-5-15(6-10-18)13-24-20-21(26)25(12-11-23-20)17-7-8-17/h1-6,9-12,17H,7-8,13-14H2,(H,23,24). The number of aromatic nitrogens is 2. The van der Waals surface area contributed by atoms with E-state index in [0.717, 1.165) is 18.4 Å². The van der Waals surface area contributed by atoms with Crippen LogP contribution in [0.4, 0.5) is 10.2 Å². The molecule has 138 valence electrons. The van der Waals surface area contributed by atoms with Gasteiger partial charge in [0.2, 0.25) is 0 Å². The molecule has 1 aliphatic carbocycles. The Kier molecular flexibility index (Phi) is 4.87. The second kappa shape index (κ2) is 7.61. The van der Waals surface area contributed by atoms with Crippen LogP contribution in [0.5, 0.6) is 5.75 Å². The Hall–Kier alpha value is -3.15. The number of benzene rings is 2. The molecule has 4 rings (SSSR count). The zero-order valence-electron chi connectivity index (χ0n) is 14.8. The molecule has 0 amide bonds. The van der Waals surface area contributed by atoms with Gasteiger partial charge < -0.3 is 14.6 Å². The summed E-state index contributed by atoms with van der Waals surface area (Å²) in [6.07, 6.45) is 5.50. The van der Waals surface area contributed by atoms with Gasteiger partial charge in [-0.05, 0) is 36.6 Å². The second-order valence-electron chi connectivity index (χ2n) is 6.60. The molecule has 1 fully saturated rings. The summed E-state index contributed by atoms with van der Waals surface area (Å²) < 4.78 is 21.0. The van der Waals surface area contributed by atoms with E-state index in [4.69, 9.17) is 4.74 Å². The van der Waals surface area contributed by atoms with Crippen molar-refractivity contribution in [3.8, 4) is 5.75 Å². The van der Waals surface area contributed by atoms with Gasteiger partial charge in [-0.3, -0.25) is 4.79 Å². The molecule has 1 N–H and O–H groups in total. The summed E-state index contributed by atoms with van der Waals surface area (Å²) in [5.41, 5.74) is 1.44. The van der Waals surface area contributed by atoms with Crippen molar-refractivity contribution in [2.24, 2.45) is 0 Å². The largest absolute Gasteiger partial charge is 0.489 e. The van der Waals surface area contributed by atoms with E-state index < -0.39 is 0 Å². The quantitative estimate of drug-likeness (QED) is 0.690. The van der Waals surface area contributed by atoms with Gasteiger partial charge >= 0.3 is 0 Å². The van der Waals surface area contributed by atoms with Crippen molar-refractivity contribution < 1.29 is 9.13 Å². The number of nitrogens with zero attached hydrogens (tertiary/aromatic N) is 2. The topological polar surface area (TPSA) is 56.1 Å². The van der Waals surface area contributed by atoms with Gasteiger partial charge in [0.15, 0.2) is 5.82 Å². The number of rotatable bonds is 7. The Balaban J connectivity index is 1.35. The minimum absolute atomic E-state index is 0.0789. The summed E-state index contributed by atoms with van der Waals surface area (Å²) in [6.45, 7) is 0.670. The number of halogens is 1. The molecule has 0 saturated heterocycles. The van der Waals surface area contributed by atoms with Crippen molar-refractivity contribution in [3.63, 3.8) is 0 Å². The Morgan fingerprint density at radius 1 is 1.15 bits per heavy atom. The molecular weight excluding hydrogens is 345 g/mol. The summed E-state index contributed by atoms with van der Waals surface area (Å²) in [6, 6.07) is 14.4. The number of ether oxygens (including phenoxy) is 1. The van der Waals surface area contributed by atoms with E-state index in [1.54, 1.807) is 35.2 Å². The highest BCUT2D eigenvalue weighted by Gasteiger charge is 2.25. The van der Waals surface area contributed by atoms with Crippen LogP contribution in [0.3, 0.4) is 0 Å². The van der Waals surface area contributed by atoms with Crippen LogP contribution in [0.25, 0.3) is 0 Å². The summed E-state index contributed by atoms with van der Waals surface area (Å²) in [7, 11) is 0. The van der Waals surface area contributed by atoms with E-state index in [1.165, 1.54) is 6.07 Å². The number of hydrogen-bond acceptors (Lipinski definition) is 4. The molecule has 1 heterocycles. The van der Waals surface area contributed by atoms with E-state index >= 15 is 0 Å². The van der Waals surface area contributed by atoms with Gasteiger partial charge in [-0.2, -0.15) is 0 Å².